The highest BCUT2D eigenvalue weighted by Crippen LogP contribution is 2.35. The normalized spacial score (nSPS) is 11.5. The van der Waals surface area contributed by atoms with E-state index in [1.165, 1.54) is 50.1 Å². The fourth-order valence-corrected chi connectivity index (χ4v) is 6.88. The van der Waals surface area contributed by atoms with Gasteiger partial charge in [0.25, 0.3) is 0 Å². The molecule has 0 bridgehead atoms. The third-order valence-electron chi connectivity index (χ3n) is 9.23. The highest BCUT2D eigenvalue weighted by Gasteiger charge is 2.19. The van der Waals surface area contributed by atoms with Crippen LogP contribution in [-0.2, 0) is 6.54 Å². The first kappa shape index (κ1) is 27.1. The lowest BCUT2D eigenvalue weighted by Crippen LogP contribution is -2.03. The molecular weight excluding hydrogens is 571 g/mol. The molecule has 2 aromatic heterocycles. The first-order valence-electron chi connectivity index (χ1n) is 16.1. The molecule has 2 heterocycles. The molecule has 0 saturated heterocycles. The summed E-state index contributed by atoms with van der Waals surface area (Å²) in [5, 5.41) is 0. The minimum absolute atomic E-state index is 0.680. The van der Waals surface area contributed by atoms with Crippen LogP contribution in [0, 0.1) is 0 Å². The highest BCUT2D eigenvalue weighted by atomic mass is 15.2. The fourth-order valence-electron chi connectivity index (χ4n) is 6.88. The van der Waals surface area contributed by atoms with E-state index in [1.807, 2.05) is 0 Å². The van der Waals surface area contributed by atoms with E-state index < -0.39 is 0 Å². The van der Waals surface area contributed by atoms with Crippen LogP contribution in [0.4, 0.5) is 0 Å². The number of hydrogen-bond donors (Lipinski definition) is 0. The molecule has 222 valence electrons. The molecule has 0 aliphatic heterocycles. The minimum Gasteiger partial charge on any atom is -0.305 e. The Hall–Kier alpha value is -6.19. The van der Waals surface area contributed by atoms with E-state index >= 15 is 0 Å². The van der Waals surface area contributed by atoms with Crippen molar-refractivity contribution in [3.8, 4) is 44.5 Å². The van der Waals surface area contributed by atoms with Crippen molar-refractivity contribution in [2.24, 2.45) is 0 Å². The molecule has 47 heavy (non-hydrogen) atoms. The monoisotopic (exact) mass is 601 g/mol. The van der Waals surface area contributed by atoms with Gasteiger partial charge in [-0.2, -0.15) is 0 Å². The van der Waals surface area contributed by atoms with Crippen molar-refractivity contribution in [2.75, 3.05) is 0 Å². The first-order chi connectivity index (χ1) is 23.3. The predicted octanol–water partition coefficient (Wildman–Crippen LogP) is 11.2. The van der Waals surface area contributed by atoms with E-state index in [9.17, 15) is 0 Å². The van der Waals surface area contributed by atoms with Gasteiger partial charge in [0.05, 0.1) is 28.6 Å². The van der Waals surface area contributed by atoms with Crippen LogP contribution in [0.15, 0.2) is 176 Å². The zero-order valence-corrected chi connectivity index (χ0v) is 25.8. The molecule has 9 aromatic rings. The molecule has 0 saturated carbocycles. The Morgan fingerprint density at radius 3 is 1.47 bits per heavy atom. The van der Waals surface area contributed by atoms with Gasteiger partial charge in [-0.15, -0.1) is 0 Å². The van der Waals surface area contributed by atoms with E-state index in [0.29, 0.717) is 6.54 Å². The molecule has 0 atom stereocenters. The van der Waals surface area contributed by atoms with Gasteiger partial charge >= 0.3 is 0 Å². The zero-order chi connectivity index (χ0) is 31.2. The van der Waals surface area contributed by atoms with Crippen molar-refractivity contribution >= 4 is 27.8 Å². The van der Waals surface area contributed by atoms with Gasteiger partial charge in [-0.3, -0.25) is 4.40 Å². The van der Waals surface area contributed by atoms with Crippen LogP contribution >= 0.6 is 0 Å². The van der Waals surface area contributed by atoms with E-state index in [-0.39, 0.29) is 0 Å². The second kappa shape index (κ2) is 11.3. The number of fused-ring (bicyclic) bond motifs is 5. The number of rotatable bonds is 6. The summed E-state index contributed by atoms with van der Waals surface area (Å²) < 4.78 is 4.72. The Kier molecular flexibility index (Phi) is 6.53. The van der Waals surface area contributed by atoms with Gasteiger partial charge in [-0.25, -0.2) is 4.98 Å². The molecule has 0 spiro atoms. The third kappa shape index (κ3) is 4.81. The van der Waals surface area contributed by atoms with Gasteiger partial charge in [0.1, 0.15) is 0 Å². The molecule has 0 aliphatic carbocycles. The number of aromatic nitrogens is 3. The second-order valence-electron chi connectivity index (χ2n) is 12.1. The average molecular weight is 602 g/mol. The van der Waals surface area contributed by atoms with Gasteiger partial charge in [0, 0.05) is 0 Å². The van der Waals surface area contributed by atoms with Gasteiger partial charge < -0.3 is 4.57 Å². The first-order valence-corrected chi connectivity index (χ1v) is 16.1. The molecule has 0 N–H and O–H groups in total. The van der Waals surface area contributed by atoms with E-state index in [4.69, 9.17) is 4.98 Å². The summed E-state index contributed by atoms with van der Waals surface area (Å²) in [4.78, 5) is 5.33. The number of nitrogens with zero attached hydrogens (tertiary/aromatic N) is 3. The van der Waals surface area contributed by atoms with Gasteiger partial charge in [-0.1, -0.05) is 146 Å². The molecule has 0 aliphatic rings. The Labute approximate surface area is 273 Å². The number of hydrogen-bond acceptors (Lipinski definition) is 1. The van der Waals surface area contributed by atoms with Crippen molar-refractivity contribution in [3.63, 3.8) is 0 Å². The van der Waals surface area contributed by atoms with Crippen LogP contribution in [0.3, 0.4) is 0 Å². The molecule has 0 amide bonds. The average Bonchev–Trinajstić information content (AvgIpc) is 3.67. The predicted molar refractivity (Wildman–Crippen MR) is 195 cm³/mol. The smallest absolute Gasteiger partial charge is 0.216 e. The minimum atomic E-state index is 0.680. The summed E-state index contributed by atoms with van der Waals surface area (Å²) in [5.74, 6) is 0.941. The molecule has 0 radical (unpaired) electrons. The van der Waals surface area contributed by atoms with Crippen molar-refractivity contribution in [1.82, 2.24) is 14.0 Å². The van der Waals surface area contributed by atoms with Crippen LogP contribution in [0.25, 0.3) is 72.4 Å². The van der Waals surface area contributed by atoms with E-state index in [1.54, 1.807) is 0 Å². The Balaban J connectivity index is 1.27. The fraction of sp³-hybridized carbons (Fsp3) is 0.0227. The van der Waals surface area contributed by atoms with Crippen LogP contribution < -0.4 is 0 Å². The van der Waals surface area contributed by atoms with E-state index in [0.717, 1.165) is 27.8 Å². The van der Waals surface area contributed by atoms with Crippen molar-refractivity contribution in [1.29, 1.82) is 0 Å². The summed E-state index contributed by atoms with van der Waals surface area (Å²) >= 11 is 0. The molecule has 3 heteroatoms. The van der Waals surface area contributed by atoms with Crippen molar-refractivity contribution in [3.05, 3.63) is 181 Å². The van der Waals surface area contributed by atoms with Crippen LogP contribution in [-0.4, -0.2) is 14.0 Å². The lowest BCUT2D eigenvalue weighted by Gasteiger charge is -2.14. The zero-order valence-electron chi connectivity index (χ0n) is 25.8. The van der Waals surface area contributed by atoms with Crippen molar-refractivity contribution in [2.45, 2.75) is 6.54 Å². The van der Waals surface area contributed by atoms with Gasteiger partial charge in [0.15, 0.2) is 0 Å². The summed E-state index contributed by atoms with van der Waals surface area (Å²) in [6.07, 6.45) is 0. The maximum Gasteiger partial charge on any atom is 0.216 e. The molecule has 9 rings (SSSR count). The highest BCUT2D eigenvalue weighted by molar-refractivity contribution is 5.94. The molecule has 0 unspecified atom stereocenters. The SMILES string of the molecule is c1ccc(-c2ccc(Cn3c4cc(-c5ccccc5)ccc4n4c5ccc(-c6ccccc6)cc5nc34)c(-c3ccccc3)c2)cc1. The molecular formula is C44H31N3. The maximum atomic E-state index is 5.33. The molecule has 7 aromatic carbocycles. The summed E-state index contributed by atoms with van der Waals surface area (Å²) in [7, 11) is 0. The molecule has 0 fully saturated rings. The van der Waals surface area contributed by atoms with Crippen LogP contribution in [0.5, 0.6) is 0 Å². The van der Waals surface area contributed by atoms with Gasteiger partial charge in [-0.05, 0) is 80.4 Å². The quantitative estimate of drug-likeness (QED) is 0.186. The van der Waals surface area contributed by atoms with Crippen LogP contribution in [0.2, 0.25) is 0 Å². The Morgan fingerprint density at radius 2 is 0.872 bits per heavy atom. The number of benzene rings is 7. The lowest BCUT2D eigenvalue weighted by molar-refractivity contribution is 0.849. The maximum absolute atomic E-state index is 5.33. The third-order valence-corrected chi connectivity index (χ3v) is 9.23. The van der Waals surface area contributed by atoms with Crippen LogP contribution in [0.1, 0.15) is 5.56 Å². The molecule has 3 nitrogen and oxygen atoms in total. The second-order valence-corrected chi connectivity index (χ2v) is 12.1. The number of imidazole rings is 2. The summed E-state index contributed by atoms with van der Waals surface area (Å²) in [6, 6.07) is 62.9. The van der Waals surface area contributed by atoms with E-state index in [2.05, 4.69) is 185 Å². The van der Waals surface area contributed by atoms with Gasteiger partial charge in [0.2, 0.25) is 5.78 Å². The summed E-state index contributed by atoms with van der Waals surface area (Å²) in [6.45, 7) is 0.680. The Morgan fingerprint density at radius 1 is 0.383 bits per heavy atom. The Bertz CT molecular complexity index is 2510. The summed E-state index contributed by atoms with van der Waals surface area (Å²) in [5.41, 5.74) is 15.3. The van der Waals surface area contributed by atoms with Crippen molar-refractivity contribution < 1.29 is 0 Å². The lowest BCUT2D eigenvalue weighted by atomic mass is 9.94. The topological polar surface area (TPSA) is 22.2 Å². The largest absolute Gasteiger partial charge is 0.305 e. The standard InChI is InChI=1S/C44H31N3/c1-5-13-31(14-6-1)35-21-22-38(39(27-35)34-19-11-4-12-20-34)30-46-43-29-37(33-17-9-3-10-18-33)24-26-42(43)47-41-25-23-36(28-40(41)45-44(46)47)32-15-7-2-8-16-32/h1-29H,30H2.